The van der Waals surface area contributed by atoms with Gasteiger partial charge in [-0.25, -0.2) is 0 Å². The molecular weight excluding hydrogens is 428 g/mol. The Bertz CT molecular complexity index is 609. The summed E-state index contributed by atoms with van der Waals surface area (Å²) in [6.07, 6.45) is 3.15. The summed E-state index contributed by atoms with van der Waals surface area (Å²) in [4.78, 5) is 21.7. The van der Waals surface area contributed by atoms with Crippen LogP contribution in [-0.2, 0) is 0 Å². The molecule has 0 spiro atoms. The third kappa shape index (κ3) is 5.57. The molecule has 1 N–H and O–H groups in total. The number of rotatable bonds is 10. The van der Waals surface area contributed by atoms with E-state index in [1.165, 1.54) is 0 Å². The molecule has 0 amide bonds. The van der Waals surface area contributed by atoms with Crippen LogP contribution in [0.2, 0.25) is 0 Å². The van der Waals surface area contributed by atoms with Crippen molar-refractivity contribution >= 4 is 23.9 Å². The molecule has 0 aromatic carbocycles. The molecule has 0 aromatic rings. The highest BCUT2D eigenvalue weighted by Crippen LogP contribution is 2.66. The second kappa shape index (κ2) is 9.84. The molecule has 0 heterocycles. The van der Waals surface area contributed by atoms with Gasteiger partial charge in [0.15, 0.2) is 0 Å². The lowest BCUT2D eigenvalue weighted by Crippen LogP contribution is -2.61. The van der Waals surface area contributed by atoms with E-state index in [0.29, 0.717) is 19.3 Å². The molecule has 0 saturated heterocycles. The molecule has 1 unspecified atom stereocenters. The molecule has 7 heteroatoms. The van der Waals surface area contributed by atoms with Crippen molar-refractivity contribution in [3.63, 3.8) is 0 Å². The summed E-state index contributed by atoms with van der Waals surface area (Å²) in [7, 11) is 0. The Morgan fingerprint density at radius 1 is 0.710 bits per heavy atom. The largest absolute Gasteiger partial charge is 0.377 e. The molecule has 0 rings (SSSR count). The highest BCUT2D eigenvalue weighted by atomic mass is 32.2. The average molecular weight is 475 g/mol. The molecule has 31 heavy (non-hydrogen) atoms. The smallest absolute Gasteiger partial charge is 0.141 e. The van der Waals surface area contributed by atoms with Crippen molar-refractivity contribution in [2.45, 2.75) is 112 Å². The van der Waals surface area contributed by atoms with Crippen molar-refractivity contribution in [1.29, 1.82) is 0 Å². The van der Waals surface area contributed by atoms with E-state index in [1.807, 2.05) is 6.08 Å². The topological polar surface area (TPSA) is 79.1 Å². The van der Waals surface area contributed by atoms with E-state index in [1.54, 1.807) is 0 Å². The summed E-state index contributed by atoms with van der Waals surface area (Å²) in [5, 5.41) is 12.3. The van der Waals surface area contributed by atoms with Gasteiger partial charge in [0.1, 0.15) is 4.93 Å². The first kappa shape index (κ1) is 30.6. The molecule has 0 aromatic heterocycles. The van der Waals surface area contributed by atoms with E-state index < -0.39 is 15.1 Å². The van der Waals surface area contributed by atoms with Gasteiger partial charge in [-0.15, -0.1) is 16.4 Å². The summed E-state index contributed by atoms with van der Waals surface area (Å²) in [5.74, 6) is 0. The van der Waals surface area contributed by atoms with Crippen LogP contribution < -0.4 is 0 Å². The van der Waals surface area contributed by atoms with Crippen LogP contribution in [0.25, 0.3) is 0 Å². The number of hydrogen-bond acceptors (Lipinski definition) is 7. The van der Waals surface area contributed by atoms with E-state index >= 15 is 0 Å². The van der Waals surface area contributed by atoms with E-state index in [4.69, 9.17) is 0 Å². The summed E-state index contributed by atoms with van der Waals surface area (Å²) in [6.45, 7) is 29.2. The van der Waals surface area contributed by atoms with Crippen LogP contribution in [0, 0.1) is 36.9 Å². The third-order valence-corrected chi connectivity index (χ3v) is 10.0. The van der Waals surface area contributed by atoms with Crippen LogP contribution in [0.4, 0.5) is 0 Å². The van der Waals surface area contributed by atoms with Gasteiger partial charge in [0.25, 0.3) is 0 Å². The fourth-order valence-electron chi connectivity index (χ4n) is 6.29. The summed E-state index contributed by atoms with van der Waals surface area (Å²) in [6, 6.07) is 0. The molecule has 0 radical (unpaired) electrons. The van der Waals surface area contributed by atoms with Crippen LogP contribution in [0.15, 0.2) is 21.8 Å². The third-order valence-electron chi connectivity index (χ3n) is 7.30. The van der Waals surface area contributed by atoms with Gasteiger partial charge in [-0.1, -0.05) is 89.2 Å². The quantitative estimate of drug-likeness (QED) is 0.148. The van der Waals surface area contributed by atoms with E-state index in [0.717, 1.165) is 23.9 Å². The Balaban J connectivity index is 6.93. The first-order valence-corrected chi connectivity index (χ1v) is 12.5. The van der Waals surface area contributed by atoms with E-state index in [2.05, 4.69) is 98.8 Å². The summed E-state index contributed by atoms with van der Waals surface area (Å²) in [5.41, 5.74) is -2.01. The van der Waals surface area contributed by atoms with Crippen LogP contribution >= 0.6 is 23.9 Å². The Hall–Kier alpha value is -0.400. The van der Waals surface area contributed by atoms with E-state index in [-0.39, 0.29) is 21.7 Å². The minimum absolute atomic E-state index is 0.283. The van der Waals surface area contributed by atoms with Gasteiger partial charge in [-0.2, -0.15) is 0 Å². The van der Waals surface area contributed by atoms with Crippen molar-refractivity contribution in [1.82, 2.24) is 0 Å². The zero-order valence-corrected chi connectivity index (χ0v) is 23.5. The zero-order valence-electron chi connectivity index (χ0n) is 21.9. The SMILES string of the molecule is C=CCC(C(C)(C)C)(C(C)(C)C)C(O)(CCC(SN=O)(C(C)(C)C)C(C)(C)C)SN=O. The zero-order chi connectivity index (χ0) is 25.2. The predicted molar refractivity (Wildman–Crippen MR) is 139 cm³/mol. The monoisotopic (exact) mass is 474 g/mol. The number of allylic oxidation sites excluding steroid dienone is 1. The Kier molecular flexibility index (Phi) is 9.71. The molecule has 0 aliphatic heterocycles. The highest BCUT2D eigenvalue weighted by molar-refractivity contribution is 7.99. The molecule has 5 nitrogen and oxygen atoms in total. The molecule has 1 atom stereocenters. The van der Waals surface area contributed by atoms with Crippen molar-refractivity contribution in [2.24, 2.45) is 36.2 Å². The van der Waals surface area contributed by atoms with Crippen molar-refractivity contribution in [2.75, 3.05) is 0 Å². The lowest BCUT2D eigenvalue weighted by molar-refractivity contribution is -0.152. The van der Waals surface area contributed by atoms with Gasteiger partial charge in [0.05, 0.1) is 16.7 Å². The van der Waals surface area contributed by atoms with Gasteiger partial charge in [0, 0.05) is 26.5 Å². The standard InChI is InChI=1S/C24H46N2O3S2/c1-14-15-22(18(2,3)4,19(5,6)7)24(27,31-26-29)17-16-23(30-25-28,20(8,9)10)21(11,12)13/h14,27H,1,15-17H2,2-13H3. The summed E-state index contributed by atoms with van der Waals surface area (Å²) < 4.78 is 5.84. The highest BCUT2D eigenvalue weighted by Gasteiger charge is 2.64. The van der Waals surface area contributed by atoms with Gasteiger partial charge in [-0.3, -0.25) is 0 Å². The van der Waals surface area contributed by atoms with Crippen molar-refractivity contribution in [3.8, 4) is 0 Å². The fraction of sp³-hybridized carbons (Fsp3) is 0.917. The number of nitroso groups, excluding NO2 is 2. The van der Waals surface area contributed by atoms with Crippen LogP contribution in [0.3, 0.4) is 0 Å². The molecule has 182 valence electrons. The minimum Gasteiger partial charge on any atom is -0.377 e. The second-order valence-corrected chi connectivity index (χ2v) is 14.9. The molecule has 0 aliphatic carbocycles. The Labute approximate surface area is 199 Å². The predicted octanol–water partition coefficient (Wildman–Crippen LogP) is 8.77. The second-order valence-electron chi connectivity index (χ2n) is 12.8. The number of nitrogens with zero attached hydrogens (tertiary/aromatic N) is 2. The molecule has 0 aliphatic rings. The van der Waals surface area contributed by atoms with Crippen molar-refractivity contribution in [3.05, 3.63) is 22.5 Å². The van der Waals surface area contributed by atoms with Crippen LogP contribution in [0.5, 0.6) is 0 Å². The summed E-state index contributed by atoms with van der Waals surface area (Å²) >= 11 is 1.77. The Morgan fingerprint density at radius 3 is 1.35 bits per heavy atom. The molecule has 0 saturated carbocycles. The van der Waals surface area contributed by atoms with Gasteiger partial charge < -0.3 is 5.11 Å². The molecule has 0 bridgehead atoms. The normalized spacial score (nSPS) is 16.5. The molecule has 0 fully saturated rings. The number of aliphatic hydroxyl groups is 1. The first-order valence-electron chi connectivity index (χ1n) is 11.0. The van der Waals surface area contributed by atoms with Gasteiger partial charge >= 0.3 is 0 Å². The van der Waals surface area contributed by atoms with E-state index in [9.17, 15) is 14.9 Å². The van der Waals surface area contributed by atoms with Crippen LogP contribution in [0.1, 0.15) is 102 Å². The number of hydrogen-bond donors (Lipinski definition) is 1. The first-order chi connectivity index (χ1) is 13.6. The average Bonchev–Trinajstić information content (AvgIpc) is 2.51. The maximum Gasteiger partial charge on any atom is 0.141 e. The van der Waals surface area contributed by atoms with Gasteiger partial charge in [0.2, 0.25) is 0 Å². The van der Waals surface area contributed by atoms with Crippen molar-refractivity contribution < 1.29 is 5.11 Å². The molecular formula is C24H46N2O3S2. The minimum atomic E-state index is -1.47. The maximum atomic E-state index is 12.3. The van der Waals surface area contributed by atoms with Gasteiger partial charge in [-0.05, 0) is 40.9 Å². The lowest BCUT2D eigenvalue weighted by Gasteiger charge is -2.61. The Morgan fingerprint density at radius 2 is 1.10 bits per heavy atom. The maximum absolute atomic E-state index is 12.3. The lowest BCUT2D eigenvalue weighted by atomic mass is 9.49. The van der Waals surface area contributed by atoms with Crippen LogP contribution in [-0.4, -0.2) is 14.8 Å². The fourth-order valence-corrected chi connectivity index (χ4v) is 8.32.